The number of piperidine rings is 1. The number of likely N-dealkylation sites (tertiary alicyclic amines) is 1. The summed E-state index contributed by atoms with van der Waals surface area (Å²) in [5, 5.41) is 12.3. The summed E-state index contributed by atoms with van der Waals surface area (Å²) in [4.78, 5) is 13.6. The molecular weight excluding hydrogens is 232 g/mol. The molecule has 2 N–H and O–H groups in total. The summed E-state index contributed by atoms with van der Waals surface area (Å²) >= 11 is 0. The molecule has 1 aliphatic heterocycles. The maximum atomic E-state index is 11.8. The van der Waals surface area contributed by atoms with Gasteiger partial charge in [-0.15, -0.1) is 0 Å². The molecule has 5 nitrogen and oxygen atoms in total. The second-order valence-electron chi connectivity index (χ2n) is 5.99. The van der Waals surface area contributed by atoms with Gasteiger partial charge in [0.2, 0.25) is 0 Å². The molecular formula is C13H26N2O3. The van der Waals surface area contributed by atoms with Crippen molar-refractivity contribution in [3.05, 3.63) is 0 Å². The number of hydrogen-bond acceptors (Lipinski definition) is 4. The van der Waals surface area contributed by atoms with Gasteiger partial charge in [0.05, 0.1) is 6.61 Å². The van der Waals surface area contributed by atoms with Crippen LogP contribution in [-0.4, -0.2) is 53.5 Å². The largest absolute Gasteiger partial charge is 0.444 e. The van der Waals surface area contributed by atoms with E-state index in [-0.39, 0.29) is 18.7 Å². The maximum absolute atomic E-state index is 11.8. The van der Waals surface area contributed by atoms with E-state index in [4.69, 9.17) is 9.84 Å². The second-order valence-corrected chi connectivity index (χ2v) is 5.99. The Morgan fingerprint density at radius 3 is 2.44 bits per heavy atom. The molecule has 18 heavy (non-hydrogen) atoms. The zero-order valence-electron chi connectivity index (χ0n) is 11.9. The molecule has 0 spiro atoms. The predicted molar refractivity (Wildman–Crippen MR) is 70.5 cm³/mol. The monoisotopic (exact) mass is 258 g/mol. The molecule has 0 saturated carbocycles. The molecule has 1 amide bonds. The summed E-state index contributed by atoms with van der Waals surface area (Å²) in [5.74, 6) is 0. The van der Waals surface area contributed by atoms with Crippen molar-refractivity contribution in [2.75, 3.05) is 19.7 Å². The number of aliphatic hydroxyl groups excluding tert-OH is 1. The van der Waals surface area contributed by atoms with Crippen molar-refractivity contribution in [3.63, 3.8) is 0 Å². The van der Waals surface area contributed by atoms with Crippen molar-refractivity contribution in [1.29, 1.82) is 0 Å². The van der Waals surface area contributed by atoms with E-state index in [1.54, 1.807) is 4.90 Å². The van der Waals surface area contributed by atoms with Crippen molar-refractivity contribution in [2.24, 2.45) is 0 Å². The van der Waals surface area contributed by atoms with E-state index in [1.165, 1.54) is 0 Å². The molecule has 0 bridgehead atoms. The van der Waals surface area contributed by atoms with Crippen LogP contribution >= 0.6 is 0 Å². The van der Waals surface area contributed by atoms with E-state index in [0.717, 1.165) is 12.8 Å². The fraction of sp³-hybridized carbons (Fsp3) is 0.923. The molecule has 0 aromatic heterocycles. The maximum Gasteiger partial charge on any atom is 0.410 e. The minimum absolute atomic E-state index is 0.114. The standard InChI is InChI=1S/C13H26N2O3/c1-10(9-16)14-11-5-7-15(8-6-11)12(17)18-13(2,3)4/h10-11,14,16H,5-9H2,1-4H3/t10-/m1/s1. The molecule has 1 rings (SSSR count). The zero-order chi connectivity index (χ0) is 13.8. The van der Waals surface area contributed by atoms with Gasteiger partial charge < -0.3 is 20.1 Å². The molecule has 0 unspecified atom stereocenters. The number of carbonyl (C=O) groups excluding carboxylic acids is 1. The average Bonchev–Trinajstić information content (AvgIpc) is 2.27. The third kappa shape index (κ3) is 5.23. The predicted octanol–water partition coefficient (Wildman–Crippen LogP) is 1.36. The third-order valence-corrected chi connectivity index (χ3v) is 2.94. The van der Waals surface area contributed by atoms with Crippen LogP contribution in [-0.2, 0) is 4.74 Å². The van der Waals surface area contributed by atoms with Gasteiger partial charge in [-0.05, 0) is 40.5 Å². The van der Waals surface area contributed by atoms with Crippen LogP contribution in [0.5, 0.6) is 0 Å². The van der Waals surface area contributed by atoms with Gasteiger partial charge in [-0.25, -0.2) is 4.79 Å². The highest BCUT2D eigenvalue weighted by Crippen LogP contribution is 2.15. The molecule has 1 aliphatic rings. The summed E-state index contributed by atoms with van der Waals surface area (Å²) in [7, 11) is 0. The number of nitrogens with one attached hydrogen (secondary N) is 1. The summed E-state index contributed by atoms with van der Waals surface area (Å²) in [6.45, 7) is 9.16. The number of carbonyl (C=O) groups is 1. The smallest absolute Gasteiger partial charge is 0.410 e. The van der Waals surface area contributed by atoms with Gasteiger partial charge in [0.15, 0.2) is 0 Å². The SMILES string of the molecule is C[C@H](CO)NC1CCN(C(=O)OC(C)(C)C)CC1. The van der Waals surface area contributed by atoms with Crippen LogP contribution in [0.2, 0.25) is 0 Å². The first-order chi connectivity index (χ1) is 8.31. The molecule has 0 aliphatic carbocycles. The Morgan fingerprint density at radius 1 is 1.44 bits per heavy atom. The van der Waals surface area contributed by atoms with Crippen molar-refractivity contribution < 1.29 is 14.6 Å². The van der Waals surface area contributed by atoms with Gasteiger partial charge in [-0.3, -0.25) is 0 Å². The first-order valence-electron chi connectivity index (χ1n) is 6.66. The Hall–Kier alpha value is -0.810. The van der Waals surface area contributed by atoms with E-state index >= 15 is 0 Å². The number of ether oxygens (including phenoxy) is 1. The van der Waals surface area contributed by atoms with E-state index in [2.05, 4.69) is 5.32 Å². The first kappa shape index (κ1) is 15.2. The lowest BCUT2D eigenvalue weighted by Gasteiger charge is -2.34. The molecule has 1 atom stereocenters. The summed E-state index contributed by atoms with van der Waals surface area (Å²) in [6, 6.07) is 0.494. The van der Waals surface area contributed by atoms with Crippen LogP contribution in [0.4, 0.5) is 4.79 Å². The highest BCUT2D eigenvalue weighted by molar-refractivity contribution is 5.68. The first-order valence-corrected chi connectivity index (χ1v) is 6.66. The van der Waals surface area contributed by atoms with Crippen molar-refractivity contribution in [3.8, 4) is 0 Å². The summed E-state index contributed by atoms with van der Waals surface area (Å²) in [5.41, 5.74) is -0.433. The van der Waals surface area contributed by atoms with Crippen molar-refractivity contribution >= 4 is 6.09 Å². The number of hydrogen-bond donors (Lipinski definition) is 2. The highest BCUT2D eigenvalue weighted by atomic mass is 16.6. The fourth-order valence-electron chi connectivity index (χ4n) is 2.01. The van der Waals surface area contributed by atoms with Gasteiger partial charge in [0.1, 0.15) is 5.60 Å². The Balaban J connectivity index is 2.33. The molecule has 106 valence electrons. The van der Waals surface area contributed by atoms with E-state index in [9.17, 15) is 4.79 Å². The Bertz CT molecular complexity index is 268. The number of amides is 1. The van der Waals surface area contributed by atoms with E-state index in [0.29, 0.717) is 19.1 Å². The van der Waals surface area contributed by atoms with Gasteiger partial charge in [0, 0.05) is 25.2 Å². The molecule has 0 radical (unpaired) electrons. The van der Waals surface area contributed by atoms with E-state index in [1.807, 2.05) is 27.7 Å². The van der Waals surface area contributed by atoms with E-state index < -0.39 is 5.60 Å². The number of nitrogens with zero attached hydrogens (tertiary/aromatic N) is 1. The molecule has 1 heterocycles. The van der Waals surface area contributed by atoms with Gasteiger partial charge >= 0.3 is 6.09 Å². The lowest BCUT2D eigenvalue weighted by Crippen LogP contribution is -2.48. The lowest BCUT2D eigenvalue weighted by atomic mass is 10.0. The normalized spacial score (nSPS) is 19.7. The Kier molecular flexibility index (Phi) is 5.41. The summed E-state index contributed by atoms with van der Waals surface area (Å²) < 4.78 is 5.34. The van der Waals surface area contributed by atoms with Crippen LogP contribution in [0.1, 0.15) is 40.5 Å². The quantitative estimate of drug-likeness (QED) is 0.802. The minimum atomic E-state index is -0.433. The average molecular weight is 258 g/mol. The topological polar surface area (TPSA) is 61.8 Å². The molecule has 1 fully saturated rings. The zero-order valence-corrected chi connectivity index (χ0v) is 11.9. The molecule has 1 saturated heterocycles. The second kappa shape index (κ2) is 6.38. The van der Waals surface area contributed by atoms with Crippen LogP contribution < -0.4 is 5.32 Å². The molecule has 0 aromatic rings. The number of aliphatic hydroxyl groups is 1. The minimum Gasteiger partial charge on any atom is -0.444 e. The van der Waals surface area contributed by atoms with Crippen molar-refractivity contribution in [1.82, 2.24) is 10.2 Å². The number of rotatable bonds is 3. The Labute approximate surface area is 109 Å². The van der Waals surface area contributed by atoms with Crippen LogP contribution in [0.15, 0.2) is 0 Å². The van der Waals surface area contributed by atoms with Crippen LogP contribution in [0.3, 0.4) is 0 Å². The fourth-order valence-corrected chi connectivity index (χ4v) is 2.01. The van der Waals surface area contributed by atoms with Gasteiger partial charge in [0.25, 0.3) is 0 Å². The van der Waals surface area contributed by atoms with Crippen molar-refractivity contribution in [2.45, 2.75) is 58.2 Å². The highest BCUT2D eigenvalue weighted by Gasteiger charge is 2.27. The molecule has 5 heteroatoms. The third-order valence-electron chi connectivity index (χ3n) is 2.94. The lowest BCUT2D eigenvalue weighted by molar-refractivity contribution is 0.0194. The van der Waals surface area contributed by atoms with Gasteiger partial charge in [-0.1, -0.05) is 0 Å². The Morgan fingerprint density at radius 2 is 2.00 bits per heavy atom. The van der Waals surface area contributed by atoms with Gasteiger partial charge in [-0.2, -0.15) is 0 Å². The van der Waals surface area contributed by atoms with Crippen LogP contribution in [0.25, 0.3) is 0 Å². The molecule has 0 aromatic carbocycles. The summed E-state index contributed by atoms with van der Waals surface area (Å²) in [6.07, 6.45) is 1.59. The van der Waals surface area contributed by atoms with Crippen LogP contribution in [0, 0.1) is 0 Å².